The van der Waals surface area contributed by atoms with E-state index in [-0.39, 0.29) is 5.56 Å². The Bertz CT molecular complexity index is 725. The zero-order valence-electron chi connectivity index (χ0n) is 9.06. The van der Waals surface area contributed by atoms with E-state index in [1.807, 2.05) is 23.8 Å². The molecule has 0 amide bonds. The van der Waals surface area contributed by atoms with Crippen molar-refractivity contribution in [2.24, 2.45) is 0 Å². The monoisotopic (exact) mass is 263 g/mol. The number of hydrogen-bond donors (Lipinski definition) is 1. The lowest BCUT2D eigenvalue weighted by Gasteiger charge is -1.97. The van der Waals surface area contributed by atoms with Crippen molar-refractivity contribution in [3.63, 3.8) is 0 Å². The second-order valence-electron chi connectivity index (χ2n) is 3.68. The predicted octanol–water partition coefficient (Wildman–Crippen LogP) is 2.34. The zero-order valence-corrected chi connectivity index (χ0v) is 10.7. The zero-order chi connectivity index (χ0) is 11.8. The van der Waals surface area contributed by atoms with E-state index in [1.54, 1.807) is 11.3 Å². The van der Waals surface area contributed by atoms with Gasteiger partial charge in [0.25, 0.3) is 5.56 Å². The van der Waals surface area contributed by atoms with Gasteiger partial charge in [-0.1, -0.05) is 0 Å². The highest BCUT2D eigenvalue weighted by atomic mass is 32.1. The minimum Gasteiger partial charge on any atom is -0.309 e. The minimum absolute atomic E-state index is 0.0630. The van der Waals surface area contributed by atoms with E-state index in [0.29, 0.717) is 16.9 Å². The maximum absolute atomic E-state index is 11.8. The molecule has 6 heteroatoms. The van der Waals surface area contributed by atoms with E-state index in [1.165, 1.54) is 11.3 Å². The standard InChI is InChI=1S/C11H9N3OS2/c1-6-12-7(5-17-6)4-9-13-8-2-3-16-10(8)11(15)14-9/h2-3,5H,4H2,1H3,(H,13,14,15). The quantitative estimate of drug-likeness (QED) is 0.772. The number of aromatic amines is 1. The van der Waals surface area contributed by atoms with E-state index in [0.717, 1.165) is 16.2 Å². The van der Waals surface area contributed by atoms with Crippen LogP contribution in [0.4, 0.5) is 0 Å². The molecule has 0 saturated carbocycles. The third kappa shape index (κ3) is 2.01. The molecule has 0 aliphatic carbocycles. The fraction of sp³-hybridized carbons (Fsp3) is 0.182. The minimum atomic E-state index is -0.0630. The Morgan fingerprint density at radius 1 is 1.35 bits per heavy atom. The van der Waals surface area contributed by atoms with E-state index in [4.69, 9.17) is 0 Å². The predicted molar refractivity (Wildman–Crippen MR) is 69.9 cm³/mol. The number of hydrogen-bond acceptors (Lipinski definition) is 5. The molecule has 0 saturated heterocycles. The van der Waals surface area contributed by atoms with E-state index >= 15 is 0 Å². The maximum Gasteiger partial charge on any atom is 0.268 e. The van der Waals surface area contributed by atoms with Crippen LogP contribution in [0.15, 0.2) is 21.6 Å². The lowest BCUT2D eigenvalue weighted by Crippen LogP contribution is -2.10. The van der Waals surface area contributed by atoms with Gasteiger partial charge in [-0.25, -0.2) is 9.97 Å². The average molecular weight is 263 g/mol. The van der Waals surface area contributed by atoms with Gasteiger partial charge >= 0.3 is 0 Å². The summed E-state index contributed by atoms with van der Waals surface area (Å²) in [7, 11) is 0. The van der Waals surface area contributed by atoms with Crippen molar-refractivity contribution >= 4 is 32.9 Å². The maximum atomic E-state index is 11.8. The van der Waals surface area contributed by atoms with Crippen LogP contribution in [0.5, 0.6) is 0 Å². The van der Waals surface area contributed by atoms with Gasteiger partial charge in [0.15, 0.2) is 0 Å². The van der Waals surface area contributed by atoms with Crippen molar-refractivity contribution in [2.45, 2.75) is 13.3 Å². The lowest BCUT2D eigenvalue weighted by atomic mass is 10.3. The molecule has 3 aromatic rings. The van der Waals surface area contributed by atoms with Crippen molar-refractivity contribution in [1.29, 1.82) is 0 Å². The number of aryl methyl sites for hydroxylation is 1. The van der Waals surface area contributed by atoms with Crippen molar-refractivity contribution in [2.75, 3.05) is 0 Å². The Hall–Kier alpha value is -1.53. The highest BCUT2D eigenvalue weighted by molar-refractivity contribution is 7.17. The highest BCUT2D eigenvalue weighted by Gasteiger charge is 2.07. The molecule has 1 N–H and O–H groups in total. The largest absolute Gasteiger partial charge is 0.309 e. The van der Waals surface area contributed by atoms with Crippen molar-refractivity contribution in [3.05, 3.63) is 43.7 Å². The summed E-state index contributed by atoms with van der Waals surface area (Å²) in [6, 6.07) is 1.87. The first kappa shape index (κ1) is 10.6. The molecule has 4 nitrogen and oxygen atoms in total. The molecule has 0 radical (unpaired) electrons. The number of thiophene rings is 1. The summed E-state index contributed by atoms with van der Waals surface area (Å²) in [5, 5.41) is 4.90. The van der Waals surface area contributed by atoms with Gasteiger partial charge in [-0.2, -0.15) is 0 Å². The Morgan fingerprint density at radius 3 is 3.00 bits per heavy atom. The van der Waals surface area contributed by atoms with Crippen LogP contribution in [0, 0.1) is 6.92 Å². The van der Waals surface area contributed by atoms with Crippen molar-refractivity contribution in [3.8, 4) is 0 Å². The normalized spacial score (nSPS) is 11.1. The first-order valence-corrected chi connectivity index (χ1v) is 6.86. The molecule has 0 spiro atoms. The van der Waals surface area contributed by atoms with Gasteiger partial charge in [-0.05, 0) is 18.4 Å². The summed E-state index contributed by atoms with van der Waals surface area (Å²) in [5.74, 6) is 0.672. The molecular formula is C11H9N3OS2. The van der Waals surface area contributed by atoms with Gasteiger partial charge in [0, 0.05) is 11.8 Å². The SMILES string of the molecule is Cc1nc(Cc2nc3ccsc3c(=O)[nH]2)cs1. The molecule has 0 fully saturated rings. The van der Waals surface area contributed by atoms with E-state index in [9.17, 15) is 4.79 Å². The number of H-pyrrole nitrogens is 1. The lowest BCUT2D eigenvalue weighted by molar-refractivity contribution is 0.946. The van der Waals surface area contributed by atoms with Gasteiger partial charge in [0.1, 0.15) is 10.5 Å². The van der Waals surface area contributed by atoms with Crippen LogP contribution in [-0.2, 0) is 6.42 Å². The van der Waals surface area contributed by atoms with Crippen molar-refractivity contribution in [1.82, 2.24) is 15.0 Å². The first-order valence-electron chi connectivity index (χ1n) is 5.10. The second-order valence-corrected chi connectivity index (χ2v) is 5.66. The molecule has 3 rings (SSSR count). The number of nitrogens with zero attached hydrogens (tertiary/aromatic N) is 2. The molecule has 3 heterocycles. The number of nitrogens with one attached hydrogen (secondary N) is 1. The van der Waals surface area contributed by atoms with Crippen LogP contribution in [-0.4, -0.2) is 15.0 Å². The third-order valence-electron chi connectivity index (χ3n) is 2.38. The Kier molecular flexibility index (Phi) is 2.53. The Balaban J connectivity index is 2.03. The van der Waals surface area contributed by atoms with Gasteiger partial charge < -0.3 is 4.98 Å². The van der Waals surface area contributed by atoms with Crippen LogP contribution in [0.1, 0.15) is 16.5 Å². The van der Waals surface area contributed by atoms with Gasteiger partial charge in [-0.3, -0.25) is 4.79 Å². The summed E-state index contributed by atoms with van der Waals surface area (Å²) in [4.78, 5) is 23.3. The number of thiazole rings is 1. The molecule has 86 valence electrons. The van der Waals surface area contributed by atoms with Gasteiger partial charge in [-0.15, -0.1) is 22.7 Å². The average Bonchev–Trinajstić information content (AvgIpc) is 2.87. The summed E-state index contributed by atoms with van der Waals surface area (Å²) < 4.78 is 0.684. The smallest absolute Gasteiger partial charge is 0.268 e. The van der Waals surface area contributed by atoms with Crippen molar-refractivity contribution < 1.29 is 0 Å². The molecular weight excluding hydrogens is 254 g/mol. The molecule has 0 aliphatic rings. The van der Waals surface area contributed by atoms with Crippen LogP contribution in [0.2, 0.25) is 0 Å². The highest BCUT2D eigenvalue weighted by Crippen LogP contribution is 2.15. The summed E-state index contributed by atoms with van der Waals surface area (Å²) in [6.07, 6.45) is 0.575. The molecule has 0 atom stereocenters. The van der Waals surface area contributed by atoms with E-state index in [2.05, 4.69) is 15.0 Å². The molecule has 0 unspecified atom stereocenters. The molecule has 17 heavy (non-hydrogen) atoms. The van der Waals surface area contributed by atoms with Crippen LogP contribution < -0.4 is 5.56 Å². The van der Waals surface area contributed by atoms with Crippen LogP contribution in [0.25, 0.3) is 10.2 Å². The molecule has 0 bridgehead atoms. The third-order valence-corrected chi connectivity index (χ3v) is 4.10. The molecule has 0 aromatic carbocycles. The Morgan fingerprint density at radius 2 is 2.24 bits per heavy atom. The second kappa shape index (κ2) is 4.05. The van der Waals surface area contributed by atoms with Crippen LogP contribution in [0.3, 0.4) is 0 Å². The molecule has 3 aromatic heterocycles. The van der Waals surface area contributed by atoms with Crippen LogP contribution >= 0.6 is 22.7 Å². The summed E-state index contributed by atoms with van der Waals surface area (Å²) >= 11 is 3.02. The number of fused-ring (bicyclic) bond motifs is 1. The Labute approximate surface area is 105 Å². The van der Waals surface area contributed by atoms with E-state index < -0.39 is 0 Å². The topological polar surface area (TPSA) is 58.6 Å². The summed E-state index contributed by atoms with van der Waals surface area (Å²) in [5.41, 5.74) is 1.65. The summed E-state index contributed by atoms with van der Waals surface area (Å²) in [6.45, 7) is 1.96. The fourth-order valence-corrected chi connectivity index (χ4v) is 3.00. The first-order chi connectivity index (χ1) is 8.22. The van der Waals surface area contributed by atoms with Gasteiger partial charge in [0.05, 0.1) is 16.2 Å². The molecule has 0 aliphatic heterocycles. The number of rotatable bonds is 2. The van der Waals surface area contributed by atoms with Gasteiger partial charge in [0.2, 0.25) is 0 Å². The fourth-order valence-electron chi connectivity index (χ4n) is 1.67. The number of aromatic nitrogens is 3.